The Morgan fingerprint density at radius 2 is 1.19 bits per heavy atom. The average Bonchev–Trinajstić information content (AvgIpc) is 2.81. The molecule has 31 heavy (non-hydrogen) atoms. The highest BCUT2D eigenvalue weighted by Gasteiger charge is 2.22. The first-order valence-corrected chi connectivity index (χ1v) is 13.7. The van der Waals surface area contributed by atoms with Crippen LogP contribution in [0.2, 0.25) is 0 Å². The third kappa shape index (κ3) is 9.50. The van der Waals surface area contributed by atoms with E-state index in [1.165, 1.54) is 108 Å². The van der Waals surface area contributed by atoms with Gasteiger partial charge in [0.05, 0.1) is 0 Å². The van der Waals surface area contributed by atoms with Crippen LogP contribution in [0.3, 0.4) is 0 Å². The highest BCUT2D eigenvalue weighted by molar-refractivity contribution is 5.16. The summed E-state index contributed by atoms with van der Waals surface area (Å²) in [5, 5.41) is 0. The molecule has 0 atom stereocenters. The highest BCUT2D eigenvalue weighted by Crippen LogP contribution is 2.35. The first-order chi connectivity index (χ1) is 15.2. The van der Waals surface area contributed by atoms with Gasteiger partial charge in [-0.2, -0.15) is 0 Å². The zero-order valence-electron chi connectivity index (χ0n) is 20.2. The smallest absolute Gasteiger partial charge is 0.123 e. The molecule has 0 saturated heterocycles. The normalized spacial score (nSPS) is 27.0. The van der Waals surface area contributed by atoms with Crippen LogP contribution in [-0.2, 0) is 6.42 Å². The Morgan fingerprint density at radius 1 is 0.677 bits per heavy atom. The topological polar surface area (TPSA) is 0 Å². The summed E-state index contributed by atoms with van der Waals surface area (Å²) in [6, 6.07) is 7.09. The maximum absolute atomic E-state index is 13.0. The number of hydrogen-bond acceptors (Lipinski definition) is 0. The lowest BCUT2D eigenvalue weighted by atomic mass is 9.77. The molecule has 3 rings (SSSR count). The molecule has 1 heteroatoms. The Morgan fingerprint density at radius 3 is 1.77 bits per heavy atom. The summed E-state index contributed by atoms with van der Waals surface area (Å²) in [5.41, 5.74) is 1.29. The van der Waals surface area contributed by atoms with Crippen molar-refractivity contribution >= 4 is 0 Å². The summed E-state index contributed by atoms with van der Waals surface area (Å²) in [7, 11) is 0. The van der Waals surface area contributed by atoms with E-state index in [0.717, 1.165) is 30.1 Å². The van der Waals surface area contributed by atoms with Crippen molar-refractivity contribution in [3.63, 3.8) is 0 Å². The highest BCUT2D eigenvalue weighted by atomic mass is 19.1. The zero-order valence-corrected chi connectivity index (χ0v) is 20.2. The fourth-order valence-electron chi connectivity index (χ4n) is 5.89. The third-order valence-electron chi connectivity index (χ3n) is 8.16. The van der Waals surface area contributed by atoms with Gasteiger partial charge in [-0.3, -0.25) is 0 Å². The predicted octanol–water partition coefficient (Wildman–Crippen LogP) is 9.68. The summed E-state index contributed by atoms with van der Waals surface area (Å²) in [4.78, 5) is 0. The molecule has 0 N–H and O–H groups in total. The molecule has 2 fully saturated rings. The van der Waals surface area contributed by atoms with Gasteiger partial charge in [-0.05, 0) is 106 Å². The number of hydrogen-bond donors (Lipinski definition) is 0. The second-order valence-electron chi connectivity index (χ2n) is 10.7. The van der Waals surface area contributed by atoms with Gasteiger partial charge in [-0.15, -0.1) is 0 Å². The fraction of sp³-hybridized carbons (Fsp3) is 0.733. The van der Waals surface area contributed by atoms with Crippen LogP contribution in [0.4, 0.5) is 4.39 Å². The molecule has 2 saturated carbocycles. The van der Waals surface area contributed by atoms with Crippen molar-refractivity contribution in [1.82, 2.24) is 0 Å². The van der Waals surface area contributed by atoms with Gasteiger partial charge in [-0.25, -0.2) is 4.39 Å². The lowest BCUT2D eigenvalue weighted by Crippen LogP contribution is -2.15. The SMILES string of the molecule is CCCCCCCCC1CCC(/C=C/C2CCC(CCc3ccc(F)cc3)CC2)CC1. The van der Waals surface area contributed by atoms with Gasteiger partial charge in [0.1, 0.15) is 5.82 Å². The van der Waals surface area contributed by atoms with E-state index in [9.17, 15) is 4.39 Å². The van der Waals surface area contributed by atoms with Gasteiger partial charge < -0.3 is 0 Å². The zero-order chi connectivity index (χ0) is 21.7. The van der Waals surface area contributed by atoms with E-state index >= 15 is 0 Å². The Kier molecular flexibility index (Phi) is 11.2. The molecule has 2 aliphatic carbocycles. The number of benzene rings is 1. The summed E-state index contributed by atoms with van der Waals surface area (Å²) >= 11 is 0. The second kappa shape index (κ2) is 14.1. The second-order valence-corrected chi connectivity index (χ2v) is 10.7. The molecule has 0 bridgehead atoms. The van der Waals surface area contributed by atoms with Crippen LogP contribution in [0, 0.1) is 29.5 Å². The van der Waals surface area contributed by atoms with E-state index in [2.05, 4.69) is 19.1 Å². The van der Waals surface area contributed by atoms with Crippen molar-refractivity contribution in [2.45, 2.75) is 116 Å². The minimum absolute atomic E-state index is 0.123. The van der Waals surface area contributed by atoms with Crippen molar-refractivity contribution < 1.29 is 4.39 Å². The van der Waals surface area contributed by atoms with Crippen LogP contribution >= 0.6 is 0 Å². The molecule has 0 heterocycles. The van der Waals surface area contributed by atoms with Gasteiger partial charge in [-0.1, -0.05) is 76.2 Å². The molecule has 2 aliphatic rings. The fourth-order valence-corrected chi connectivity index (χ4v) is 5.89. The summed E-state index contributed by atoms with van der Waals surface area (Å²) in [6.07, 6.45) is 29.0. The Hall–Kier alpha value is -1.11. The monoisotopic (exact) mass is 426 g/mol. The van der Waals surface area contributed by atoms with Crippen LogP contribution < -0.4 is 0 Å². The van der Waals surface area contributed by atoms with Crippen molar-refractivity contribution in [2.75, 3.05) is 0 Å². The lowest BCUT2D eigenvalue weighted by molar-refractivity contribution is 0.282. The van der Waals surface area contributed by atoms with E-state index in [-0.39, 0.29) is 5.82 Å². The number of aryl methyl sites for hydroxylation is 1. The molecule has 0 aromatic heterocycles. The molecule has 174 valence electrons. The van der Waals surface area contributed by atoms with Crippen molar-refractivity contribution in [3.05, 3.63) is 47.8 Å². The van der Waals surface area contributed by atoms with Crippen molar-refractivity contribution in [3.8, 4) is 0 Å². The van der Waals surface area contributed by atoms with Gasteiger partial charge in [0, 0.05) is 0 Å². The van der Waals surface area contributed by atoms with E-state index in [4.69, 9.17) is 0 Å². The van der Waals surface area contributed by atoms with Gasteiger partial charge in [0.2, 0.25) is 0 Å². The summed E-state index contributed by atoms with van der Waals surface area (Å²) in [6.45, 7) is 2.30. The number of allylic oxidation sites excluding steroid dienone is 2. The van der Waals surface area contributed by atoms with Crippen LogP contribution in [0.5, 0.6) is 0 Å². The summed E-state index contributed by atoms with van der Waals surface area (Å²) in [5.74, 6) is 3.45. The molecule has 0 nitrogen and oxygen atoms in total. The van der Waals surface area contributed by atoms with E-state index in [1.54, 1.807) is 12.1 Å². The minimum atomic E-state index is -0.123. The van der Waals surface area contributed by atoms with E-state index < -0.39 is 0 Å². The molecule has 0 aliphatic heterocycles. The number of unbranched alkanes of at least 4 members (excludes halogenated alkanes) is 5. The van der Waals surface area contributed by atoms with E-state index in [1.807, 2.05) is 12.1 Å². The molecule has 0 spiro atoms. The Bertz CT molecular complexity index is 600. The maximum Gasteiger partial charge on any atom is 0.123 e. The Labute approximate surface area is 192 Å². The van der Waals surface area contributed by atoms with Crippen LogP contribution in [0.15, 0.2) is 36.4 Å². The Balaban J connectivity index is 1.24. The molecule has 0 amide bonds. The molecule has 0 unspecified atom stereocenters. The minimum Gasteiger partial charge on any atom is -0.207 e. The molecule has 1 aromatic carbocycles. The first-order valence-electron chi connectivity index (χ1n) is 13.7. The maximum atomic E-state index is 13.0. The van der Waals surface area contributed by atoms with Crippen LogP contribution in [0.1, 0.15) is 115 Å². The number of rotatable bonds is 12. The van der Waals surface area contributed by atoms with Gasteiger partial charge >= 0.3 is 0 Å². The third-order valence-corrected chi connectivity index (χ3v) is 8.16. The van der Waals surface area contributed by atoms with Crippen molar-refractivity contribution in [2.24, 2.45) is 23.7 Å². The molecule has 1 aromatic rings. The van der Waals surface area contributed by atoms with Gasteiger partial charge in [0.15, 0.2) is 0 Å². The predicted molar refractivity (Wildman–Crippen MR) is 133 cm³/mol. The lowest BCUT2D eigenvalue weighted by Gasteiger charge is -2.29. The standard InChI is InChI=1S/C30H47F/c1-2-3-4-5-6-7-8-25-9-11-26(12-10-25)13-14-27-15-17-28(18-16-27)19-20-29-21-23-30(31)24-22-29/h13-14,21-28H,2-12,15-20H2,1H3/b14-13+. The van der Waals surface area contributed by atoms with Crippen molar-refractivity contribution in [1.29, 1.82) is 0 Å². The van der Waals surface area contributed by atoms with E-state index in [0.29, 0.717) is 0 Å². The average molecular weight is 427 g/mol. The molecule has 0 radical (unpaired) electrons. The molecular weight excluding hydrogens is 379 g/mol. The van der Waals surface area contributed by atoms with Crippen LogP contribution in [0.25, 0.3) is 0 Å². The first kappa shape index (κ1) is 24.5. The number of halogens is 1. The van der Waals surface area contributed by atoms with Gasteiger partial charge in [0.25, 0.3) is 0 Å². The largest absolute Gasteiger partial charge is 0.207 e. The quantitative estimate of drug-likeness (QED) is 0.230. The molecular formula is C30H47F. The van der Waals surface area contributed by atoms with Crippen LogP contribution in [-0.4, -0.2) is 0 Å². The summed E-state index contributed by atoms with van der Waals surface area (Å²) < 4.78 is 13.0.